The quantitative estimate of drug-likeness (QED) is 0.647. The Kier molecular flexibility index (Phi) is 3.14. The number of alkyl halides is 2. The SMILES string of the molecule is CN(CC(F)F)C1CCCC1=O. The van der Waals surface area contributed by atoms with Gasteiger partial charge in [-0.1, -0.05) is 0 Å². The molecule has 2 nitrogen and oxygen atoms in total. The van der Waals surface area contributed by atoms with E-state index in [1.807, 2.05) is 0 Å². The van der Waals surface area contributed by atoms with Crippen LogP contribution in [0.15, 0.2) is 0 Å². The van der Waals surface area contributed by atoms with Crippen LogP contribution in [0.3, 0.4) is 0 Å². The van der Waals surface area contributed by atoms with E-state index in [0.717, 1.165) is 12.8 Å². The second-order valence-electron chi connectivity index (χ2n) is 3.20. The molecule has 1 atom stereocenters. The molecule has 1 saturated carbocycles. The van der Waals surface area contributed by atoms with Gasteiger partial charge in [0, 0.05) is 6.42 Å². The Morgan fingerprint density at radius 1 is 1.67 bits per heavy atom. The number of nitrogens with zero attached hydrogens (tertiary/aromatic N) is 1. The van der Waals surface area contributed by atoms with Gasteiger partial charge in [0.15, 0.2) is 0 Å². The molecule has 4 heteroatoms. The third kappa shape index (κ3) is 2.24. The van der Waals surface area contributed by atoms with Crippen molar-refractivity contribution in [1.82, 2.24) is 4.90 Å². The molecule has 0 saturated heterocycles. The van der Waals surface area contributed by atoms with E-state index in [0.29, 0.717) is 6.42 Å². The van der Waals surface area contributed by atoms with Crippen molar-refractivity contribution >= 4 is 5.78 Å². The van der Waals surface area contributed by atoms with Crippen LogP contribution in [0.25, 0.3) is 0 Å². The first-order chi connectivity index (χ1) is 5.61. The molecule has 0 aromatic carbocycles. The van der Waals surface area contributed by atoms with E-state index in [9.17, 15) is 13.6 Å². The average molecular weight is 177 g/mol. The van der Waals surface area contributed by atoms with Gasteiger partial charge in [-0.05, 0) is 19.9 Å². The highest BCUT2D eigenvalue weighted by molar-refractivity contribution is 5.85. The van der Waals surface area contributed by atoms with Crippen molar-refractivity contribution in [1.29, 1.82) is 0 Å². The molecular weight excluding hydrogens is 164 g/mol. The maximum Gasteiger partial charge on any atom is 0.251 e. The first-order valence-electron chi connectivity index (χ1n) is 4.12. The predicted octanol–water partition coefficient (Wildman–Crippen LogP) is 1.30. The number of hydrogen-bond acceptors (Lipinski definition) is 2. The summed E-state index contributed by atoms with van der Waals surface area (Å²) in [4.78, 5) is 12.6. The Balaban J connectivity index is 2.40. The van der Waals surface area contributed by atoms with E-state index < -0.39 is 6.43 Å². The molecule has 0 N–H and O–H groups in total. The summed E-state index contributed by atoms with van der Waals surface area (Å²) in [6.07, 6.45) is -0.208. The molecule has 0 aromatic heterocycles. The summed E-state index contributed by atoms with van der Waals surface area (Å²) in [7, 11) is 1.58. The van der Waals surface area contributed by atoms with Crippen molar-refractivity contribution in [3.63, 3.8) is 0 Å². The molecule has 1 aliphatic carbocycles. The van der Waals surface area contributed by atoms with Crippen LogP contribution in [0.4, 0.5) is 8.78 Å². The Morgan fingerprint density at radius 2 is 2.33 bits per heavy atom. The highest BCUT2D eigenvalue weighted by Gasteiger charge is 2.28. The molecular formula is C8H13F2NO. The van der Waals surface area contributed by atoms with Crippen LogP contribution in [0.2, 0.25) is 0 Å². The minimum atomic E-state index is -2.34. The second-order valence-corrected chi connectivity index (χ2v) is 3.20. The first-order valence-corrected chi connectivity index (χ1v) is 4.12. The molecule has 1 rings (SSSR count). The van der Waals surface area contributed by atoms with Crippen LogP contribution in [0.5, 0.6) is 0 Å². The Labute approximate surface area is 70.5 Å². The highest BCUT2D eigenvalue weighted by Crippen LogP contribution is 2.19. The minimum absolute atomic E-state index is 0.109. The van der Waals surface area contributed by atoms with Crippen molar-refractivity contribution in [2.75, 3.05) is 13.6 Å². The second kappa shape index (κ2) is 3.94. The fourth-order valence-electron chi connectivity index (χ4n) is 1.61. The van der Waals surface area contributed by atoms with E-state index in [1.54, 1.807) is 7.05 Å². The molecule has 0 bridgehead atoms. The third-order valence-corrected chi connectivity index (χ3v) is 2.23. The van der Waals surface area contributed by atoms with Crippen molar-refractivity contribution in [2.45, 2.75) is 31.7 Å². The fourth-order valence-corrected chi connectivity index (χ4v) is 1.61. The lowest BCUT2D eigenvalue weighted by Crippen LogP contribution is -2.37. The normalized spacial score (nSPS) is 24.4. The standard InChI is InChI=1S/C8H13F2NO/c1-11(5-8(9)10)6-3-2-4-7(6)12/h6,8H,2-5H2,1H3. The first kappa shape index (κ1) is 9.58. The number of rotatable bonds is 3. The smallest absolute Gasteiger partial charge is 0.251 e. The van der Waals surface area contributed by atoms with Crippen LogP contribution < -0.4 is 0 Å². The molecule has 70 valence electrons. The highest BCUT2D eigenvalue weighted by atomic mass is 19.3. The van der Waals surface area contributed by atoms with Gasteiger partial charge < -0.3 is 0 Å². The van der Waals surface area contributed by atoms with Gasteiger partial charge in [0.1, 0.15) is 5.78 Å². The Bertz CT molecular complexity index is 172. The molecule has 1 aliphatic rings. The van der Waals surface area contributed by atoms with Crippen LogP contribution in [-0.4, -0.2) is 36.7 Å². The molecule has 0 radical (unpaired) electrons. The number of Topliss-reactive ketones (excluding diaryl/α,β-unsaturated/α-hetero) is 1. The number of likely N-dealkylation sites (N-methyl/N-ethyl adjacent to an activating group) is 1. The summed E-state index contributed by atoms with van der Waals surface area (Å²) < 4.78 is 23.8. The molecule has 0 heterocycles. The summed E-state index contributed by atoms with van der Waals surface area (Å²) in [5.74, 6) is 0.109. The molecule has 0 aromatic rings. The van der Waals surface area contributed by atoms with Crippen LogP contribution in [0, 0.1) is 0 Å². The molecule has 0 aliphatic heterocycles. The van der Waals surface area contributed by atoms with E-state index in [2.05, 4.69) is 0 Å². The lowest BCUT2D eigenvalue weighted by atomic mass is 10.2. The topological polar surface area (TPSA) is 20.3 Å². The summed E-state index contributed by atoms with van der Waals surface area (Å²) in [5, 5.41) is 0. The number of carbonyl (C=O) groups excluding carboxylic acids is 1. The lowest BCUT2D eigenvalue weighted by Gasteiger charge is -2.21. The van der Waals surface area contributed by atoms with Gasteiger partial charge in [0.05, 0.1) is 12.6 Å². The summed E-state index contributed by atoms with van der Waals surface area (Å²) in [5.41, 5.74) is 0. The Hall–Kier alpha value is -0.510. The van der Waals surface area contributed by atoms with E-state index >= 15 is 0 Å². The molecule has 1 unspecified atom stereocenters. The summed E-state index contributed by atoms with van der Waals surface area (Å²) >= 11 is 0. The third-order valence-electron chi connectivity index (χ3n) is 2.23. The average Bonchev–Trinajstić information content (AvgIpc) is 2.33. The molecule has 1 fully saturated rings. The zero-order valence-corrected chi connectivity index (χ0v) is 7.09. The monoisotopic (exact) mass is 177 g/mol. The lowest BCUT2D eigenvalue weighted by molar-refractivity contribution is -0.121. The van der Waals surface area contributed by atoms with Gasteiger partial charge in [0.25, 0.3) is 6.43 Å². The summed E-state index contributed by atoms with van der Waals surface area (Å²) in [6.45, 7) is -0.295. The number of ketones is 1. The maximum atomic E-state index is 11.9. The number of hydrogen-bond donors (Lipinski definition) is 0. The number of carbonyl (C=O) groups is 1. The maximum absolute atomic E-state index is 11.9. The Morgan fingerprint density at radius 3 is 2.75 bits per heavy atom. The van der Waals surface area contributed by atoms with E-state index in [4.69, 9.17) is 0 Å². The fraction of sp³-hybridized carbons (Fsp3) is 0.875. The van der Waals surface area contributed by atoms with Crippen LogP contribution in [-0.2, 0) is 4.79 Å². The van der Waals surface area contributed by atoms with Gasteiger partial charge >= 0.3 is 0 Å². The zero-order chi connectivity index (χ0) is 9.14. The summed E-state index contributed by atoms with van der Waals surface area (Å²) in [6, 6.07) is -0.251. The van der Waals surface area contributed by atoms with Crippen LogP contribution in [0.1, 0.15) is 19.3 Å². The number of halogens is 2. The van der Waals surface area contributed by atoms with Gasteiger partial charge in [-0.3, -0.25) is 9.69 Å². The largest absolute Gasteiger partial charge is 0.298 e. The van der Waals surface area contributed by atoms with Gasteiger partial charge in [-0.2, -0.15) is 0 Å². The van der Waals surface area contributed by atoms with Crippen molar-refractivity contribution in [2.24, 2.45) is 0 Å². The van der Waals surface area contributed by atoms with E-state index in [1.165, 1.54) is 4.90 Å². The van der Waals surface area contributed by atoms with Crippen molar-refractivity contribution < 1.29 is 13.6 Å². The minimum Gasteiger partial charge on any atom is -0.298 e. The molecule has 0 amide bonds. The predicted molar refractivity (Wildman–Crippen MR) is 41.3 cm³/mol. The molecule has 0 spiro atoms. The van der Waals surface area contributed by atoms with Gasteiger partial charge in [-0.25, -0.2) is 8.78 Å². The zero-order valence-electron chi connectivity index (χ0n) is 7.09. The van der Waals surface area contributed by atoms with Gasteiger partial charge in [-0.15, -0.1) is 0 Å². The molecule has 12 heavy (non-hydrogen) atoms. The van der Waals surface area contributed by atoms with Crippen LogP contribution >= 0.6 is 0 Å². The van der Waals surface area contributed by atoms with Crippen molar-refractivity contribution in [3.05, 3.63) is 0 Å². The van der Waals surface area contributed by atoms with Crippen molar-refractivity contribution in [3.8, 4) is 0 Å². The van der Waals surface area contributed by atoms with E-state index in [-0.39, 0.29) is 18.4 Å². The van der Waals surface area contributed by atoms with Gasteiger partial charge in [0.2, 0.25) is 0 Å².